The van der Waals surface area contributed by atoms with E-state index >= 15 is 0 Å². The van der Waals surface area contributed by atoms with Gasteiger partial charge in [0.1, 0.15) is 4.70 Å². The predicted octanol–water partition coefficient (Wildman–Crippen LogP) is 3.44. The molecule has 2 aromatic carbocycles. The van der Waals surface area contributed by atoms with E-state index in [0.717, 1.165) is 11.2 Å². The van der Waals surface area contributed by atoms with Crippen LogP contribution in [0, 0.1) is 10.1 Å². The van der Waals surface area contributed by atoms with Gasteiger partial charge in [0.25, 0.3) is 5.69 Å². The van der Waals surface area contributed by atoms with Crippen molar-refractivity contribution in [3.8, 4) is 0 Å². The van der Waals surface area contributed by atoms with Gasteiger partial charge in [-0.3, -0.25) is 19.8 Å². The highest BCUT2D eigenvalue weighted by Crippen LogP contribution is 2.35. The lowest BCUT2D eigenvalue weighted by molar-refractivity contribution is -0.382. The zero-order valence-corrected chi connectivity index (χ0v) is 16.7. The van der Waals surface area contributed by atoms with Crippen molar-refractivity contribution in [2.24, 2.45) is 0 Å². The topological polar surface area (TPSA) is 95.7 Å². The van der Waals surface area contributed by atoms with Gasteiger partial charge in [-0.15, -0.1) is 11.3 Å². The molecular weight excluding hydrogens is 378 g/mol. The van der Waals surface area contributed by atoms with Crippen molar-refractivity contribution in [2.45, 2.75) is 19.9 Å². The third kappa shape index (κ3) is 3.99. The quantitative estimate of drug-likeness (QED) is 0.341. The van der Waals surface area contributed by atoms with E-state index in [1.165, 1.54) is 17.4 Å². The number of aliphatic hydroxyl groups is 1. The van der Waals surface area contributed by atoms with Gasteiger partial charge in [-0.05, 0) is 31.7 Å². The van der Waals surface area contributed by atoms with Crippen LogP contribution in [0.2, 0.25) is 0 Å². The summed E-state index contributed by atoms with van der Waals surface area (Å²) < 4.78 is 1.11. The molecule has 2 N–H and O–H groups in total. The number of aliphatic hydroxyl groups excluding tert-OH is 1. The van der Waals surface area contributed by atoms with Crippen LogP contribution in [0.5, 0.6) is 0 Å². The molecule has 0 fully saturated rings. The molecule has 28 heavy (non-hydrogen) atoms. The van der Waals surface area contributed by atoms with E-state index in [9.17, 15) is 14.9 Å². The number of nitro groups is 1. The molecule has 8 heteroatoms. The fourth-order valence-corrected chi connectivity index (χ4v) is 4.56. The number of hydrogen-bond donors (Lipinski definition) is 2. The Morgan fingerprint density at radius 1 is 1.29 bits per heavy atom. The van der Waals surface area contributed by atoms with Crippen LogP contribution in [-0.2, 0) is 0 Å². The van der Waals surface area contributed by atoms with Crippen LogP contribution in [0.25, 0.3) is 20.2 Å². The van der Waals surface area contributed by atoms with Crippen molar-refractivity contribution in [3.05, 3.63) is 56.7 Å². The van der Waals surface area contributed by atoms with Gasteiger partial charge >= 0.3 is 0 Å². The Morgan fingerprint density at radius 3 is 2.71 bits per heavy atom. The van der Waals surface area contributed by atoms with E-state index in [1.807, 2.05) is 19.9 Å². The van der Waals surface area contributed by atoms with Gasteiger partial charge in [-0.1, -0.05) is 19.1 Å². The van der Waals surface area contributed by atoms with E-state index < -0.39 is 4.92 Å². The van der Waals surface area contributed by atoms with E-state index in [-0.39, 0.29) is 23.8 Å². The fourth-order valence-electron chi connectivity index (χ4n) is 3.37. The van der Waals surface area contributed by atoms with Crippen LogP contribution in [0.3, 0.4) is 0 Å². The summed E-state index contributed by atoms with van der Waals surface area (Å²) in [5.74, 6) is 0. The molecule has 148 valence electrons. The molecule has 1 heterocycles. The number of hydrogen-bond acceptors (Lipinski definition) is 7. The fraction of sp³-hybridized carbons (Fsp3) is 0.350. The predicted molar refractivity (Wildman–Crippen MR) is 115 cm³/mol. The monoisotopic (exact) mass is 401 g/mol. The number of anilines is 1. The molecule has 7 nitrogen and oxygen atoms in total. The van der Waals surface area contributed by atoms with Crippen molar-refractivity contribution < 1.29 is 10.0 Å². The van der Waals surface area contributed by atoms with Crippen molar-refractivity contribution in [1.29, 1.82) is 0 Å². The number of nitro benzene ring substituents is 1. The minimum atomic E-state index is -0.444. The third-order valence-corrected chi connectivity index (χ3v) is 5.90. The first-order valence-electron chi connectivity index (χ1n) is 9.19. The highest BCUT2D eigenvalue weighted by atomic mass is 32.1. The Bertz CT molecular complexity index is 1070. The largest absolute Gasteiger partial charge is 0.395 e. The van der Waals surface area contributed by atoms with Crippen LogP contribution in [0.1, 0.15) is 13.8 Å². The Morgan fingerprint density at radius 2 is 2.04 bits per heavy atom. The number of fused-ring (bicyclic) bond motifs is 2. The standard InChI is InChI=1S/C20H23N3O4S/c1-3-22(10-11-24)12-13(2)21-15-8-9-16(23(26)27)20-18(15)19(25)14-6-4-5-7-17(14)28-20/h4-9,13,21,24H,3,10-12H2,1-2H3. The minimum Gasteiger partial charge on any atom is -0.395 e. The van der Waals surface area contributed by atoms with Crippen LogP contribution in [0.15, 0.2) is 41.2 Å². The summed E-state index contributed by atoms with van der Waals surface area (Å²) in [5, 5.41) is 24.9. The zero-order valence-electron chi connectivity index (χ0n) is 15.8. The Balaban J connectivity index is 2.10. The summed E-state index contributed by atoms with van der Waals surface area (Å²) in [5.41, 5.74) is 0.335. The number of benzene rings is 2. The van der Waals surface area contributed by atoms with Gasteiger partial charge in [0.2, 0.25) is 0 Å². The summed E-state index contributed by atoms with van der Waals surface area (Å²) in [7, 11) is 0. The Hall–Kier alpha value is -2.55. The second kappa shape index (κ2) is 8.64. The molecule has 3 aromatic rings. The van der Waals surface area contributed by atoms with E-state index in [4.69, 9.17) is 5.11 Å². The van der Waals surface area contributed by atoms with Gasteiger partial charge < -0.3 is 10.4 Å². The summed E-state index contributed by atoms with van der Waals surface area (Å²) in [6, 6.07) is 10.2. The van der Waals surface area contributed by atoms with Gasteiger partial charge in [0.15, 0.2) is 5.43 Å². The van der Waals surface area contributed by atoms with E-state index in [2.05, 4.69) is 10.2 Å². The lowest BCUT2D eigenvalue weighted by Gasteiger charge is -2.25. The first-order valence-corrected chi connectivity index (χ1v) is 10.0. The van der Waals surface area contributed by atoms with Crippen molar-refractivity contribution >= 4 is 42.9 Å². The summed E-state index contributed by atoms with van der Waals surface area (Å²) in [6.45, 7) is 6.14. The van der Waals surface area contributed by atoms with Crippen molar-refractivity contribution in [1.82, 2.24) is 4.90 Å². The number of likely N-dealkylation sites (N-methyl/N-ethyl adjacent to an activating group) is 1. The van der Waals surface area contributed by atoms with Crippen LogP contribution >= 0.6 is 11.3 Å². The number of nitrogens with one attached hydrogen (secondary N) is 1. The van der Waals surface area contributed by atoms with Crippen LogP contribution in [0.4, 0.5) is 11.4 Å². The van der Waals surface area contributed by atoms with Crippen LogP contribution < -0.4 is 10.7 Å². The van der Waals surface area contributed by atoms with Crippen molar-refractivity contribution in [3.63, 3.8) is 0 Å². The number of non-ortho nitro benzene ring substituents is 1. The maximum absolute atomic E-state index is 13.1. The number of nitrogens with zero attached hydrogens (tertiary/aromatic N) is 2. The lowest BCUT2D eigenvalue weighted by atomic mass is 10.1. The van der Waals surface area contributed by atoms with Crippen LogP contribution in [-0.4, -0.2) is 47.2 Å². The molecule has 1 atom stereocenters. The minimum absolute atomic E-state index is 0.00738. The molecule has 0 aliphatic rings. The molecule has 0 saturated carbocycles. The second-order valence-corrected chi connectivity index (χ2v) is 7.74. The molecule has 3 rings (SSSR count). The molecule has 1 unspecified atom stereocenters. The van der Waals surface area contributed by atoms with Gasteiger partial charge in [0, 0.05) is 41.0 Å². The molecule has 0 spiro atoms. The SMILES string of the molecule is CCN(CCO)CC(C)Nc1ccc([N+](=O)[O-])c2sc3ccccc3c(=O)c12. The Labute approximate surface area is 166 Å². The van der Waals surface area contributed by atoms with Gasteiger partial charge in [-0.25, -0.2) is 0 Å². The first kappa shape index (κ1) is 20.2. The molecule has 0 bridgehead atoms. The zero-order chi connectivity index (χ0) is 20.3. The molecule has 0 radical (unpaired) electrons. The molecule has 0 aliphatic carbocycles. The second-order valence-electron chi connectivity index (χ2n) is 6.68. The van der Waals surface area contributed by atoms with Gasteiger partial charge in [0.05, 0.1) is 16.9 Å². The third-order valence-electron chi connectivity index (χ3n) is 4.70. The van der Waals surface area contributed by atoms with Gasteiger partial charge in [-0.2, -0.15) is 0 Å². The highest BCUT2D eigenvalue weighted by molar-refractivity contribution is 7.25. The maximum Gasteiger partial charge on any atom is 0.287 e. The average molecular weight is 401 g/mol. The summed E-state index contributed by atoms with van der Waals surface area (Å²) in [4.78, 5) is 26.3. The molecule has 1 aromatic heterocycles. The Kier molecular flexibility index (Phi) is 6.23. The van der Waals surface area contributed by atoms with E-state index in [1.54, 1.807) is 24.3 Å². The number of rotatable bonds is 8. The highest BCUT2D eigenvalue weighted by Gasteiger charge is 2.20. The molecular formula is C20H23N3O4S. The summed E-state index contributed by atoms with van der Waals surface area (Å²) >= 11 is 1.26. The molecule has 0 amide bonds. The molecule has 0 aliphatic heterocycles. The van der Waals surface area contributed by atoms with E-state index in [0.29, 0.717) is 34.2 Å². The smallest absolute Gasteiger partial charge is 0.287 e. The molecule has 0 saturated heterocycles. The average Bonchev–Trinajstić information content (AvgIpc) is 2.67. The first-order chi connectivity index (χ1) is 13.5. The lowest BCUT2D eigenvalue weighted by Crippen LogP contribution is -2.36. The maximum atomic E-state index is 13.1. The summed E-state index contributed by atoms with van der Waals surface area (Å²) in [6.07, 6.45) is 0. The normalized spacial score (nSPS) is 12.6. The van der Waals surface area contributed by atoms with Crippen molar-refractivity contribution in [2.75, 3.05) is 31.6 Å².